The van der Waals surface area contributed by atoms with Crippen molar-refractivity contribution in [2.24, 2.45) is 5.41 Å². The molecule has 4 rings (SSSR count). The molecule has 0 aromatic heterocycles. The fourth-order valence-electron chi connectivity index (χ4n) is 4.91. The monoisotopic (exact) mass is 423 g/mol. The number of piperidine rings is 1. The van der Waals surface area contributed by atoms with E-state index in [4.69, 9.17) is 9.47 Å². The Labute approximate surface area is 180 Å². The average molecular weight is 424 g/mol. The maximum absolute atomic E-state index is 12.2. The van der Waals surface area contributed by atoms with Crippen LogP contribution in [0.4, 0.5) is 0 Å². The summed E-state index contributed by atoms with van der Waals surface area (Å²) in [5.41, 5.74) is 1.76. The van der Waals surface area contributed by atoms with Crippen LogP contribution in [0.2, 0.25) is 0 Å². The van der Waals surface area contributed by atoms with Gasteiger partial charge in [-0.25, -0.2) is 0 Å². The molecule has 29 heavy (non-hydrogen) atoms. The van der Waals surface area contributed by atoms with Gasteiger partial charge in [-0.2, -0.15) is 0 Å². The Bertz CT molecular complexity index is 688. The lowest BCUT2D eigenvalue weighted by Crippen LogP contribution is -2.38. The Morgan fingerprint density at radius 2 is 1.86 bits per heavy atom. The van der Waals surface area contributed by atoms with E-state index in [9.17, 15) is 4.79 Å². The highest BCUT2D eigenvalue weighted by Gasteiger charge is 2.38. The smallest absolute Gasteiger partial charge is 0.260 e. The largest absolute Gasteiger partial charge is 0.493 e. The molecule has 3 aliphatic heterocycles. The average Bonchev–Trinajstić information content (AvgIpc) is 3.38. The molecule has 7 heteroatoms. The molecule has 3 heterocycles. The van der Waals surface area contributed by atoms with Gasteiger partial charge < -0.3 is 19.7 Å². The third kappa shape index (κ3) is 5.36. The number of nitrogens with zero attached hydrogens (tertiary/aromatic N) is 2. The Hall–Kier alpha value is -1.50. The number of amides is 1. The van der Waals surface area contributed by atoms with E-state index in [0.29, 0.717) is 16.9 Å². The molecule has 0 bridgehead atoms. The first-order valence-electron chi connectivity index (χ1n) is 10.7. The number of carbonyl (C=O) groups excluding carboxylic acids is 1. The van der Waals surface area contributed by atoms with E-state index >= 15 is 0 Å². The number of rotatable bonds is 6. The summed E-state index contributed by atoms with van der Waals surface area (Å²) in [5.74, 6) is 1.42. The summed E-state index contributed by atoms with van der Waals surface area (Å²) in [7, 11) is 1.66. The minimum atomic E-state index is 0. The molecule has 1 N–H and O–H groups in total. The van der Waals surface area contributed by atoms with Crippen LogP contribution in [0.5, 0.6) is 11.5 Å². The maximum atomic E-state index is 12.2. The number of ether oxygens (including phenoxy) is 2. The SMILES string of the molecule is COc1cc(CN2CCC3(CCNCC3)C2)ccc1OCC(=O)N1CCCC1.Cl. The summed E-state index contributed by atoms with van der Waals surface area (Å²) in [6.07, 6.45) is 6.09. The molecular weight excluding hydrogens is 390 g/mol. The zero-order chi connectivity index (χ0) is 19.4. The summed E-state index contributed by atoms with van der Waals surface area (Å²) in [6, 6.07) is 6.11. The number of halogens is 1. The van der Waals surface area contributed by atoms with Crippen molar-refractivity contribution < 1.29 is 14.3 Å². The van der Waals surface area contributed by atoms with Gasteiger partial charge in [-0.1, -0.05) is 6.07 Å². The Morgan fingerprint density at radius 3 is 2.59 bits per heavy atom. The van der Waals surface area contributed by atoms with Crippen molar-refractivity contribution in [3.63, 3.8) is 0 Å². The Kier molecular flexibility index (Phi) is 7.66. The Morgan fingerprint density at radius 1 is 1.10 bits per heavy atom. The molecule has 162 valence electrons. The summed E-state index contributed by atoms with van der Waals surface area (Å²) in [6.45, 7) is 7.41. The molecule has 0 saturated carbocycles. The van der Waals surface area contributed by atoms with Crippen molar-refractivity contribution in [1.29, 1.82) is 0 Å². The number of hydrogen-bond donors (Lipinski definition) is 1. The van der Waals surface area contributed by atoms with Crippen molar-refractivity contribution in [2.75, 3.05) is 53.0 Å². The van der Waals surface area contributed by atoms with Crippen LogP contribution in [-0.4, -0.2) is 68.7 Å². The highest BCUT2D eigenvalue weighted by Crippen LogP contribution is 2.39. The molecule has 1 spiro atoms. The number of hydrogen-bond acceptors (Lipinski definition) is 5. The van der Waals surface area contributed by atoms with Crippen molar-refractivity contribution in [3.8, 4) is 11.5 Å². The zero-order valence-corrected chi connectivity index (χ0v) is 18.3. The van der Waals surface area contributed by atoms with Gasteiger partial charge in [-0.15, -0.1) is 12.4 Å². The zero-order valence-electron chi connectivity index (χ0n) is 17.5. The quantitative estimate of drug-likeness (QED) is 0.762. The van der Waals surface area contributed by atoms with Crippen LogP contribution in [0.3, 0.4) is 0 Å². The first-order valence-corrected chi connectivity index (χ1v) is 10.7. The normalized spacial score (nSPS) is 21.2. The number of carbonyl (C=O) groups is 1. The van der Waals surface area contributed by atoms with Crippen LogP contribution in [-0.2, 0) is 11.3 Å². The second kappa shape index (κ2) is 10.0. The third-order valence-corrected chi connectivity index (χ3v) is 6.63. The van der Waals surface area contributed by atoms with Crippen molar-refractivity contribution in [2.45, 2.75) is 38.6 Å². The topological polar surface area (TPSA) is 54.0 Å². The van der Waals surface area contributed by atoms with Crippen molar-refractivity contribution in [1.82, 2.24) is 15.1 Å². The van der Waals surface area contributed by atoms with Crippen molar-refractivity contribution >= 4 is 18.3 Å². The number of nitrogens with one attached hydrogen (secondary N) is 1. The first-order chi connectivity index (χ1) is 13.7. The summed E-state index contributed by atoms with van der Waals surface area (Å²) in [5, 5.41) is 3.48. The number of likely N-dealkylation sites (tertiary alicyclic amines) is 2. The molecule has 1 aromatic carbocycles. The molecule has 0 radical (unpaired) electrons. The maximum Gasteiger partial charge on any atom is 0.260 e. The molecule has 0 aliphatic carbocycles. The van der Waals surface area contributed by atoms with Gasteiger partial charge >= 0.3 is 0 Å². The fraction of sp³-hybridized carbons (Fsp3) is 0.682. The van der Waals surface area contributed by atoms with Crippen LogP contribution < -0.4 is 14.8 Å². The number of methoxy groups -OCH3 is 1. The van der Waals surface area contributed by atoms with Crippen LogP contribution in [0.1, 0.15) is 37.7 Å². The molecule has 3 saturated heterocycles. The predicted octanol–water partition coefficient (Wildman–Crippen LogP) is 2.69. The predicted molar refractivity (Wildman–Crippen MR) is 116 cm³/mol. The van der Waals surface area contributed by atoms with Crippen LogP contribution >= 0.6 is 12.4 Å². The van der Waals surface area contributed by atoms with E-state index in [1.54, 1.807) is 7.11 Å². The molecule has 6 nitrogen and oxygen atoms in total. The van der Waals surface area contributed by atoms with Crippen LogP contribution in [0.25, 0.3) is 0 Å². The summed E-state index contributed by atoms with van der Waals surface area (Å²) < 4.78 is 11.3. The lowest BCUT2D eigenvalue weighted by Gasteiger charge is -2.34. The second-order valence-corrected chi connectivity index (χ2v) is 8.57. The number of benzene rings is 1. The van der Waals surface area contributed by atoms with Gasteiger partial charge in [-0.05, 0) is 74.8 Å². The highest BCUT2D eigenvalue weighted by atomic mass is 35.5. The van der Waals surface area contributed by atoms with E-state index in [-0.39, 0.29) is 24.9 Å². The fourth-order valence-corrected chi connectivity index (χ4v) is 4.91. The van der Waals surface area contributed by atoms with E-state index < -0.39 is 0 Å². The van der Waals surface area contributed by atoms with E-state index in [2.05, 4.69) is 22.3 Å². The molecule has 3 fully saturated rings. The molecule has 0 unspecified atom stereocenters. The molecule has 3 aliphatic rings. The van der Waals surface area contributed by atoms with E-state index in [1.165, 1.54) is 37.9 Å². The lowest BCUT2D eigenvalue weighted by molar-refractivity contribution is -0.132. The van der Waals surface area contributed by atoms with Crippen molar-refractivity contribution in [3.05, 3.63) is 23.8 Å². The highest BCUT2D eigenvalue weighted by molar-refractivity contribution is 5.85. The first kappa shape index (κ1) is 22.2. The third-order valence-electron chi connectivity index (χ3n) is 6.63. The van der Waals surface area contributed by atoms with Gasteiger partial charge in [0.1, 0.15) is 0 Å². The molecule has 1 aromatic rings. The van der Waals surface area contributed by atoms with Crippen LogP contribution in [0, 0.1) is 5.41 Å². The van der Waals surface area contributed by atoms with Gasteiger partial charge in [0.15, 0.2) is 18.1 Å². The Balaban J connectivity index is 0.00000240. The van der Waals surface area contributed by atoms with Crippen LogP contribution in [0.15, 0.2) is 18.2 Å². The van der Waals surface area contributed by atoms with Gasteiger partial charge in [0.2, 0.25) is 0 Å². The second-order valence-electron chi connectivity index (χ2n) is 8.57. The lowest BCUT2D eigenvalue weighted by atomic mass is 9.78. The minimum Gasteiger partial charge on any atom is -0.493 e. The van der Waals surface area contributed by atoms with Gasteiger partial charge in [0, 0.05) is 26.2 Å². The van der Waals surface area contributed by atoms with Gasteiger partial charge in [-0.3, -0.25) is 9.69 Å². The van der Waals surface area contributed by atoms with Gasteiger partial charge in [0.05, 0.1) is 7.11 Å². The van der Waals surface area contributed by atoms with Gasteiger partial charge in [0.25, 0.3) is 5.91 Å². The molecule has 1 amide bonds. The summed E-state index contributed by atoms with van der Waals surface area (Å²) in [4.78, 5) is 16.7. The summed E-state index contributed by atoms with van der Waals surface area (Å²) >= 11 is 0. The molecule has 0 atom stereocenters. The molecular formula is C22H34ClN3O3. The standard InChI is InChI=1S/C22H33N3O3.ClH/c1-27-20-14-18(15-24-13-8-22(17-24)6-9-23-10-7-22)4-5-19(20)28-16-21(26)25-11-2-3-12-25;/h4-5,14,23H,2-3,6-13,15-17H2,1H3;1H. The minimum absolute atomic E-state index is 0. The van der Waals surface area contributed by atoms with E-state index in [1.807, 2.05) is 11.0 Å². The van der Waals surface area contributed by atoms with E-state index in [0.717, 1.165) is 45.6 Å².